The first kappa shape index (κ1) is 15.5. The topological polar surface area (TPSA) is 36.3 Å². The highest BCUT2D eigenvalue weighted by molar-refractivity contribution is 9.10. The Balaban J connectivity index is 2.13. The lowest BCUT2D eigenvalue weighted by atomic mass is 10.3. The van der Waals surface area contributed by atoms with Crippen LogP contribution in [0.5, 0.6) is 5.75 Å². The Morgan fingerprint density at radius 3 is 2.70 bits per heavy atom. The van der Waals surface area contributed by atoms with Gasteiger partial charge in [-0.15, -0.1) is 0 Å². The molecule has 0 saturated carbocycles. The van der Waals surface area contributed by atoms with E-state index in [1.807, 2.05) is 16.7 Å². The number of hydrogen-bond donors (Lipinski definition) is 0. The van der Waals surface area contributed by atoms with Gasteiger partial charge in [-0.25, -0.2) is 4.98 Å². The van der Waals surface area contributed by atoms with Crippen LogP contribution in [0.3, 0.4) is 0 Å². The summed E-state index contributed by atoms with van der Waals surface area (Å²) in [5, 5.41) is 0. The van der Waals surface area contributed by atoms with Crippen LogP contribution in [0, 0.1) is 0 Å². The van der Waals surface area contributed by atoms with Crippen molar-refractivity contribution in [2.75, 3.05) is 13.7 Å². The lowest BCUT2D eigenvalue weighted by Gasteiger charge is -2.16. The summed E-state index contributed by atoms with van der Waals surface area (Å²) in [5.41, 5.74) is 1.88. The zero-order valence-electron chi connectivity index (χ0n) is 12.4. The van der Waals surface area contributed by atoms with Crippen molar-refractivity contribution in [3.05, 3.63) is 22.9 Å². The number of nitrogens with zero attached hydrogens (tertiary/aromatic N) is 2. The van der Waals surface area contributed by atoms with Crippen LogP contribution in [-0.2, 0) is 11.5 Å². The van der Waals surface area contributed by atoms with Gasteiger partial charge in [0.1, 0.15) is 12.2 Å². The van der Waals surface area contributed by atoms with E-state index in [2.05, 4.69) is 40.6 Å². The number of imidazole rings is 1. The molecule has 6 heteroatoms. The number of methoxy groups -OCH3 is 1. The predicted octanol–water partition coefficient (Wildman–Crippen LogP) is 4.12. The Bertz CT molecular complexity index is 593. The zero-order chi connectivity index (χ0) is 14.8. The fourth-order valence-electron chi connectivity index (χ4n) is 1.94. The number of ether oxygens (including phenoxy) is 2. The van der Waals surface area contributed by atoms with Gasteiger partial charge in [0.25, 0.3) is 0 Å². The Hall–Kier alpha value is -0.853. The van der Waals surface area contributed by atoms with Crippen molar-refractivity contribution in [2.45, 2.75) is 32.4 Å². The molecule has 0 fully saturated rings. The summed E-state index contributed by atoms with van der Waals surface area (Å²) < 4.78 is 14.2. The van der Waals surface area contributed by atoms with Crippen molar-refractivity contribution in [2.24, 2.45) is 0 Å². The summed E-state index contributed by atoms with van der Waals surface area (Å²) in [4.78, 5) is 4.39. The van der Waals surface area contributed by atoms with E-state index in [4.69, 9.17) is 9.47 Å². The van der Waals surface area contributed by atoms with E-state index in [-0.39, 0.29) is 0 Å². The molecule has 20 heavy (non-hydrogen) atoms. The molecule has 4 nitrogen and oxygen atoms in total. The molecule has 0 aliphatic carbocycles. The summed E-state index contributed by atoms with van der Waals surface area (Å²) in [5.74, 6) is 0.800. The second-order valence-electron chi connectivity index (χ2n) is 6.01. The van der Waals surface area contributed by atoms with Gasteiger partial charge in [0.2, 0.25) is 0 Å². The first-order valence-corrected chi connectivity index (χ1v) is 11.2. The molecule has 0 amide bonds. The molecule has 2 aromatic rings. The molecular formula is C14H21BrN2O2Si. The van der Waals surface area contributed by atoms with E-state index in [9.17, 15) is 0 Å². The molecule has 0 saturated heterocycles. The third-order valence-electron chi connectivity index (χ3n) is 3.12. The largest absolute Gasteiger partial charge is 0.493 e. The molecule has 1 heterocycles. The third-order valence-corrected chi connectivity index (χ3v) is 5.45. The SMILES string of the molecule is COc1c(Br)ccc2ncn(COCC[Si](C)(C)C)c12. The normalized spacial score (nSPS) is 12.1. The highest BCUT2D eigenvalue weighted by Crippen LogP contribution is 2.33. The van der Waals surface area contributed by atoms with Crippen LogP contribution >= 0.6 is 15.9 Å². The molecule has 1 aromatic carbocycles. The Morgan fingerprint density at radius 1 is 1.30 bits per heavy atom. The maximum atomic E-state index is 5.79. The molecule has 0 spiro atoms. The quantitative estimate of drug-likeness (QED) is 0.576. The van der Waals surface area contributed by atoms with Gasteiger partial charge in [-0.1, -0.05) is 19.6 Å². The highest BCUT2D eigenvalue weighted by atomic mass is 79.9. The Kier molecular flexibility index (Phi) is 4.88. The van der Waals surface area contributed by atoms with Gasteiger partial charge in [0.05, 0.1) is 23.4 Å². The minimum atomic E-state index is -1.04. The highest BCUT2D eigenvalue weighted by Gasteiger charge is 2.14. The molecule has 0 atom stereocenters. The van der Waals surface area contributed by atoms with Gasteiger partial charge < -0.3 is 14.0 Å². The Morgan fingerprint density at radius 2 is 2.05 bits per heavy atom. The second kappa shape index (κ2) is 6.28. The fraction of sp³-hybridized carbons (Fsp3) is 0.500. The summed E-state index contributed by atoms with van der Waals surface area (Å²) in [6, 6.07) is 5.09. The van der Waals surface area contributed by atoms with Crippen molar-refractivity contribution in [1.29, 1.82) is 0 Å². The molecule has 1 aromatic heterocycles. The van der Waals surface area contributed by atoms with E-state index in [1.165, 1.54) is 6.04 Å². The average Bonchev–Trinajstić information content (AvgIpc) is 2.77. The summed E-state index contributed by atoms with van der Waals surface area (Å²) in [6.45, 7) is 8.36. The van der Waals surface area contributed by atoms with Gasteiger partial charge >= 0.3 is 0 Å². The number of fused-ring (bicyclic) bond motifs is 1. The zero-order valence-corrected chi connectivity index (χ0v) is 15.0. The summed E-state index contributed by atoms with van der Waals surface area (Å²) >= 11 is 3.50. The van der Waals surface area contributed by atoms with Crippen molar-refractivity contribution in [1.82, 2.24) is 9.55 Å². The van der Waals surface area contributed by atoms with Crippen LogP contribution < -0.4 is 4.74 Å². The molecule has 0 unspecified atom stereocenters. The summed E-state index contributed by atoms with van der Waals surface area (Å²) in [7, 11) is 0.628. The molecule has 0 aliphatic heterocycles. The molecule has 0 bridgehead atoms. The van der Waals surface area contributed by atoms with Gasteiger partial charge in [0, 0.05) is 14.7 Å². The first-order valence-electron chi connectivity index (χ1n) is 6.67. The van der Waals surface area contributed by atoms with Crippen molar-refractivity contribution in [3.63, 3.8) is 0 Å². The van der Waals surface area contributed by atoms with Gasteiger partial charge in [-0.05, 0) is 34.1 Å². The van der Waals surface area contributed by atoms with Crippen molar-refractivity contribution < 1.29 is 9.47 Å². The maximum Gasteiger partial charge on any atom is 0.159 e. The summed E-state index contributed by atoms with van der Waals surface area (Å²) in [6.07, 6.45) is 1.80. The van der Waals surface area contributed by atoms with Gasteiger partial charge in [-0.2, -0.15) is 0 Å². The fourth-order valence-corrected chi connectivity index (χ4v) is 3.18. The molecule has 0 aliphatic rings. The molecule has 2 rings (SSSR count). The minimum Gasteiger partial charge on any atom is -0.493 e. The van der Waals surface area contributed by atoms with Crippen LogP contribution in [0.2, 0.25) is 25.7 Å². The minimum absolute atomic E-state index is 0.508. The van der Waals surface area contributed by atoms with E-state index in [0.29, 0.717) is 6.73 Å². The maximum absolute atomic E-state index is 5.79. The number of halogens is 1. The van der Waals surface area contributed by atoms with Crippen LogP contribution in [0.1, 0.15) is 0 Å². The molecule has 0 N–H and O–H groups in total. The lowest BCUT2D eigenvalue weighted by molar-refractivity contribution is 0.0896. The van der Waals surface area contributed by atoms with Crippen LogP contribution in [0.25, 0.3) is 11.0 Å². The van der Waals surface area contributed by atoms with Crippen molar-refractivity contribution in [3.8, 4) is 5.75 Å². The number of hydrogen-bond acceptors (Lipinski definition) is 3. The number of benzene rings is 1. The van der Waals surface area contributed by atoms with E-state index >= 15 is 0 Å². The monoisotopic (exact) mass is 356 g/mol. The van der Waals surface area contributed by atoms with Crippen LogP contribution in [0.15, 0.2) is 22.9 Å². The van der Waals surface area contributed by atoms with Crippen molar-refractivity contribution >= 4 is 35.0 Å². The van der Waals surface area contributed by atoms with Gasteiger partial charge in [-0.3, -0.25) is 0 Å². The van der Waals surface area contributed by atoms with Gasteiger partial charge in [0.15, 0.2) is 5.75 Å². The van der Waals surface area contributed by atoms with E-state index in [0.717, 1.165) is 27.9 Å². The standard InChI is InChI=1S/C14H21BrN2O2Si/c1-18-14-11(15)5-6-12-13(14)17(9-16-12)10-19-7-8-20(2,3)4/h5-6,9H,7-8,10H2,1-4H3. The first-order chi connectivity index (χ1) is 9.42. The van der Waals surface area contributed by atoms with E-state index in [1.54, 1.807) is 13.4 Å². The lowest BCUT2D eigenvalue weighted by Crippen LogP contribution is -2.22. The van der Waals surface area contributed by atoms with Crippen LogP contribution in [-0.4, -0.2) is 31.3 Å². The molecule has 110 valence electrons. The second-order valence-corrected chi connectivity index (χ2v) is 12.5. The third kappa shape index (κ3) is 3.62. The number of rotatable bonds is 6. The average molecular weight is 357 g/mol. The molecular weight excluding hydrogens is 336 g/mol. The van der Waals surface area contributed by atoms with E-state index < -0.39 is 8.07 Å². The number of aromatic nitrogens is 2. The predicted molar refractivity (Wildman–Crippen MR) is 88.1 cm³/mol. The molecule has 0 radical (unpaired) electrons. The smallest absolute Gasteiger partial charge is 0.159 e. The van der Waals surface area contributed by atoms with Crippen LogP contribution in [0.4, 0.5) is 0 Å². The Labute approximate surface area is 129 Å².